The minimum Gasteiger partial charge on any atom is -0.495 e. The lowest BCUT2D eigenvalue weighted by Crippen LogP contribution is -2.56. The second-order valence-electron chi connectivity index (χ2n) is 9.74. The van der Waals surface area contributed by atoms with Gasteiger partial charge in [-0.15, -0.1) is 0 Å². The maximum atomic E-state index is 6.26. The van der Waals surface area contributed by atoms with Gasteiger partial charge in [-0.05, 0) is 74.4 Å². The summed E-state index contributed by atoms with van der Waals surface area (Å²) in [5, 5.41) is 2.49. The molecule has 35 heavy (non-hydrogen) atoms. The van der Waals surface area contributed by atoms with Crippen LogP contribution in [0.3, 0.4) is 0 Å². The van der Waals surface area contributed by atoms with E-state index in [2.05, 4.69) is 47.9 Å². The van der Waals surface area contributed by atoms with Crippen molar-refractivity contribution in [1.82, 2.24) is 9.96 Å². The lowest BCUT2D eigenvalue weighted by atomic mass is 9.86. The van der Waals surface area contributed by atoms with E-state index in [0.29, 0.717) is 23.7 Å². The summed E-state index contributed by atoms with van der Waals surface area (Å²) in [6.45, 7) is 9.10. The number of anilines is 1. The topological polar surface area (TPSA) is 37.4 Å². The summed E-state index contributed by atoms with van der Waals surface area (Å²) in [5.74, 6) is 1.74. The Kier molecular flexibility index (Phi) is 8.82. The number of benzene rings is 2. The third-order valence-corrected chi connectivity index (χ3v) is 8.08. The summed E-state index contributed by atoms with van der Waals surface area (Å²) >= 11 is 6.26. The zero-order valence-corrected chi connectivity index (χ0v) is 22.6. The molecule has 2 fully saturated rings. The SMILES string of the molecule is COc1cc(N2CCN3C(CCC[C@@H]3c3ccc(OCCCN(C)OC)c(C)c3C)C2)ccc1Cl. The molecule has 2 aliphatic rings. The van der Waals surface area contributed by atoms with Crippen LogP contribution in [0.1, 0.15) is 48.4 Å². The number of nitrogens with zero attached hydrogens (tertiary/aromatic N) is 3. The number of rotatable bonds is 9. The largest absolute Gasteiger partial charge is 0.495 e. The Morgan fingerprint density at radius 2 is 1.86 bits per heavy atom. The van der Waals surface area contributed by atoms with Crippen molar-refractivity contribution >= 4 is 17.3 Å². The van der Waals surface area contributed by atoms with E-state index in [1.165, 1.54) is 41.6 Å². The van der Waals surface area contributed by atoms with Crippen LogP contribution in [0, 0.1) is 13.8 Å². The molecule has 2 aromatic carbocycles. The van der Waals surface area contributed by atoms with Crippen LogP contribution in [0.2, 0.25) is 5.02 Å². The molecule has 2 aliphatic heterocycles. The zero-order chi connectivity index (χ0) is 24.9. The van der Waals surface area contributed by atoms with Gasteiger partial charge >= 0.3 is 0 Å². The van der Waals surface area contributed by atoms with Gasteiger partial charge in [0, 0.05) is 57.1 Å². The number of piperazine rings is 1. The predicted octanol–water partition coefficient (Wildman–Crippen LogP) is 5.64. The van der Waals surface area contributed by atoms with Gasteiger partial charge in [-0.2, -0.15) is 5.06 Å². The molecule has 6 nitrogen and oxygen atoms in total. The molecular formula is C28H40ClN3O3. The summed E-state index contributed by atoms with van der Waals surface area (Å²) in [7, 11) is 5.31. The monoisotopic (exact) mass is 501 g/mol. The molecule has 0 aromatic heterocycles. The lowest BCUT2D eigenvalue weighted by Gasteiger charge is -2.49. The molecule has 2 saturated heterocycles. The van der Waals surface area contributed by atoms with Gasteiger partial charge in [-0.1, -0.05) is 17.7 Å². The quantitative estimate of drug-likeness (QED) is 0.327. The van der Waals surface area contributed by atoms with Gasteiger partial charge < -0.3 is 19.2 Å². The van der Waals surface area contributed by atoms with Crippen molar-refractivity contribution in [1.29, 1.82) is 0 Å². The minimum absolute atomic E-state index is 0.471. The second kappa shape index (κ2) is 11.8. The summed E-state index contributed by atoms with van der Waals surface area (Å²) in [5.41, 5.74) is 5.28. The van der Waals surface area contributed by atoms with Crippen molar-refractivity contribution in [2.24, 2.45) is 0 Å². The standard InChI is InChI=1S/C28H40ClN3O3/c1-20-21(2)27(35-17-7-14-30(3)34-5)13-11-24(20)26-9-6-8-23-19-31(15-16-32(23)26)22-10-12-25(29)28(18-22)33-4/h10-13,18,23,26H,6-9,14-17,19H2,1-5H3/t23?,26-/m1/s1. The molecule has 4 rings (SSSR count). The van der Waals surface area contributed by atoms with Crippen LogP contribution in [-0.4, -0.2) is 70.1 Å². The Morgan fingerprint density at radius 1 is 1.03 bits per heavy atom. The molecule has 2 aromatic rings. The molecule has 0 amide bonds. The molecule has 7 heteroatoms. The molecule has 2 heterocycles. The molecular weight excluding hydrogens is 462 g/mol. The number of fused-ring (bicyclic) bond motifs is 1. The maximum Gasteiger partial charge on any atom is 0.139 e. The van der Waals surface area contributed by atoms with Crippen LogP contribution in [0.25, 0.3) is 0 Å². The van der Waals surface area contributed by atoms with Crippen molar-refractivity contribution in [2.45, 2.75) is 51.6 Å². The first-order valence-electron chi connectivity index (χ1n) is 12.7. The Hall–Kier alpha value is -1.99. The van der Waals surface area contributed by atoms with Crippen LogP contribution in [0.15, 0.2) is 30.3 Å². The number of hydrogen-bond acceptors (Lipinski definition) is 6. The van der Waals surface area contributed by atoms with Gasteiger partial charge in [0.1, 0.15) is 11.5 Å². The fourth-order valence-electron chi connectivity index (χ4n) is 5.56. The minimum atomic E-state index is 0.471. The van der Waals surface area contributed by atoms with Gasteiger partial charge in [0.05, 0.1) is 25.8 Å². The molecule has 0 saturated carbocycles. The highest BCUT2D eigenvalue weighted by atomic mass is 35.5. The number of methoxy groups -OCH3 is 1. The molecule has 0 N–H and O–H groups in total. The van der Waals surface area contributed by atoms with E-state index >= 15 is 0 Å². The smallest absolute Gasteiger partial charge is 0.139 e. The van der Waals surface area contributed by atoms with Crippen molar-refractivity contribution in [3.63, 3.8) is 0 Å². The molecule has 1 unspecified atom stereocenters. The van der Waals surface area contributed by atoms with Gasteiger partial charge in [0.25, 0.3) is 0 Å². The third kappa shape index (κ3) is 5.88. The number of hydrogen-bond donors (Lipinski definition) is 0. The highest BCUT2D eigenvalue weighted by molar-refractivity contribution is 6.32. The third-order valence-electron chi connectivity index (χ3n) is 7.77. The number of ether oxygens (including phenoxy) is 2. The summed E-state index contributed by atoms with van der Waals surface area (Å²) < 4.78 is 11.6. The first-order valence-corrected chi connectivity index (χ1v) is 13.1. The Morgan fingerprint density at radius 3 is 2.63 bits per heavy atom. The van der Waals surface area contributed by atoms with Crippen LogP contribution in [-0.2, 0) is 4.84 Å². The van der Waals surface area contributed by atoms with Crippen LogP contribution in [0.5, 0.6) is 11.5 Å². The zero-order valence-electron chi connectivity index (χ0n) is 21.8. The average molecular weight is 502 g/mol. The van der Waals surface area contributed by atoms with Crippen molar-refractivity contribution in [3.05, 3.63) is 52.0 Å². The Labute approximate surface area is 215 Å². The lowest BCUT2D eigenvalue weighted by molar-refractivity contribution is -0.110. The van der Waals surface area contributed by atoms with E-state index in [9.17, 15) is 0 Å². The molecule has 0 aliphatic carbocycles. The summed E-state index contributed by atoms with van der Waals surface area (Å²) in [6.07, 6.45) is 4.65. The highest BCUT2D eigenvalue weighted by Gasteiger charge is 2.36. The molecule has 0 spiro atoms. The van der Waals surface area contributed by atoms with E-state index < -0.39 is 0 Å². The number of halogens is 1. The van der Waals surface area contributed by atoms with Crippen molar-refractivity contribution < 1.29 is 14.3 Å². The fourth-order valence-corrected chi connectivity index (χ4v) is 5.75. The first-order chi connectivity index (χ1) is 16.9. The van der Waals surface area contributed by atoms with Gasteiger partial charge in [-0.25, -0.2) is 0 Å². The summed E-state index contributed by atoms with van der Waals surface area (Å²) in [4.78, 5) is 10.4. The highest BCUT2D eigenvalue weighted by Crippen LogP contribution is 2.40. The normalized spacial score (nSPS) is 20.7. The van der Waals surface area contributed by atoms with Crippen LogP contribution in [0.4, 0.5) is 5.69 Å². The first kappa shape index (κ1) is 26.1. The molecule has 0 bridgehead atoms. The second-order valence-corrected chi connectivity index (χ2v) is 10.1. The number of hydroxylamine groups is 2. The molecule has 2 atom stereocenters. The van der Waals surface area contributed by atoms with Crippen molar-refractivity contribution in [3.8, 4) is 11.5 Å². The van der Waals surface area contributed by atoms with Gasteiger partial charge in [0.15, 0.2) is 0 Å². The fraction of sp³-hybridized carbons (Fsp3) is 0.571. The van der Waals surface area contributed by atoms with E-state index in [4.69, 9.17) is 25.9 Å². The summed E-state index contributed by atoms with van der Waals surface area (Å²) in [6, 6.07) is 11.6. The Balaban J connectivity index is 1.43. The van der Waals surface area contributed by atoms with E-state index in [1.54, 1.807) is 14.2 Å². The van der Waals surface area contributed by atoms with Crippen LogP contribution < -0.4 is 14.4 Å². The van der Waals surface area contributed by atoms with Crippen molar-refractivity contribution in [2.75, 3.05) is 59.0 Å². The molecule has 0 radical (unpaired) electrons. The predicted molar refractivity (Wildman–Crippen MR) is 143 cm³/mol. The maximum absolute atomic E-state index is 6.26. The van der Waals surface area contributed by atoms with Crippen LogP contribution >= 0.6 is 11.6 Å². The molecule has 192 valence electrons. The average Bonchev–Trinajstić information content (AvgIpc) is 2.88. The van der Waals surface area contributed by atoms with Gasteiger partial charge in [0.2, 0.25) is 0 Å². The van der Waals surface area contributed by atoms with E-state index in [0.717, 1.165) is 44.1 Å². The number of piperidine rings is 1. The van der Waals surface area contributed by atoms with Gasteiger partial charge in [-0.3, -0.25) is 4.90 Å². The Bertz CT molecular complexity index is 1000. The van der Waals surface area contributed by atoms with E-state index in [1.807, 2.05) is 18.2 Å². The van der Waals surface area contributed by atoms with E-state index in [-0.39, 0.29) is 0 Å².